The fourth-order valence-electron chi connectivity index (χ4n) is 9.60. The number of nitrogens with zero attached hydrogens (tertiary/aromatic N) is 1. The summed E-state index contributed by atoms with van der Waals surface area (Å²) in [7, 11) is 0. The Hall–Kier alpha value is -3.94. The zero-order valence-electron chi connectivity index (χ0n) is 48.0. The summed E-state index contributed by atoms with van der Waals surface area (Å²) in [6.07, 6.45) is -12.3. The molecular weight excluding hydrogens is 1120 g/mol. The first-order chi connectivity index (χ1) is 40.2. The summed E-state index contributed by atoms with van der Waals surface area (Å²) in [5.41, 5.74) is 0. The van der Waals surface area contributed by atoms with Gasteiger partial charge in [-0.25, -0.2) is 0 Å². The largest absolute Gasteiger partial charge is 0.481 e. The molecule has 0 aliphatic carbocycles. The van der Waals surface area contributed by atoms with E-state index in [2.05, 4.69) is 33.5 Å². The molecule has 2 unspecified atom stereocenters. The van der Waals surface area contributed by atoms with Crippen LogP contribution in [0.15, 0.2) is 0 Å². The molecule has 18 N–H and O–H groups in total. The molecule has 3 aliphatic heterocycles. The minimum absolute atomic E-state index is 0.0258. The Kier molecular flexibility index (Phi) is 36.5. The summed E-state index contributed by atoms with van der Waals surface area (Å²) in [4.78, 5) is 80.6. The zero-order chi connectivity index (χ0) is 62.1. The van der Waals surface area contributed by atoms with Gasteiger partial charge in [0.2, 0.25) is 29.5 Å². The van der Waals surface area contributed by atoms with E-state index in [1.807, 2.05) is 0 Å². The zero-order valence-corrected chi connectivity index (χ0v) is 48.0. The van der Waals surface area contributed by atoms with Crippen LogP contribution in [0.4, 0.5) is 0 Å². The molecule has 84 heavy (non-hydrogen) atoms. The average molecular weight is 1220 g/mol. The molecule has 0 aromatic carbocycles. The number of aliphatic carboxylic acids is 1. The highest BCUT2D eigenvalue weighted by atomic mass is 16.7. The van der Waals surface area contributed by atoms with Crippen molar-refractivity contribution >= 4 is 35.5 Å². The maximum Gasteiger partial charge on any atom is 0.303 e. The fraction of sp³-hybridized carbons (Fsp3) is 0.887. The number of unbranched alkanes of at least 4 members (excludes halogenated alkanes) is 11. The van der Waals surface area contributed by atoms with Crippen molar-refractivity contribution in [2.45, 2.75) is 220 Å². The number of ether oxygens (including phenoxy) is 6. The molecule has 0 radical (unpaired) electrons. The van der Waals surface area contributed by atoms with Crippen LogP contribution in [0.25, 0.3) is 0 Å². The molecule has 17 atom stereocenters. The van der Waals surface area contributed by atoms with E-state index in [0.717, 1.165) is 25.7 Å². The second-order valence-corrected chi connectivity index (χ2v) is 21.2. The number of rotatable bonds is 43. The van der Waals surface area contributed by atoms with Crippen molar-refractivity contribution in [3.05, 3.63) is 0 Å². The van der Waals surface area contributed by atoms with E-state index in [1.54, 1.807) is 0 Å². The lowest BCUT2D eigenvalue weighted by atomic mass is 9.99. The monoisotopic (exact) mass is 1220 g/mol. The van der Waals surface area contributed by atoms with Gasteiger partial charge in [0.1, 0.15) is 79.3 Å². The van der Waals surface area contributed by atoms with Crippen LogP contribution in [0.1, 0.15) is 116 Å². The Morgan fingerprint density at radius 2 is 0.833 bits per heavy atom. The van der Waals surface area contributed by atoms with Crippen molar-refractivity contribution in [3.8, 4) is 0 Å². The third-order valence-electron chi connectivity index (χ3n) is 14.6. The number of carbonyl (C=O) groups is 6. The van der Waals surface area contributed by atoms with Crippen molar-refractivity contribution in [3.63, 3.8) is 0 Å². The van der Waals surface area contributed by atoms with Crippen molar-refractivity contribution in [1.29, 1.82) is 0 Å². The predicted octanol–water partition coefficient (Wildman–Crippen LogP) is -6.21. The summed E-state index contributed by atoms with van der Waals surface area (Å²) in [6.45, 7) is -3.28. The quantitative estimate of drug-likeness (QED) is 0.0253. The number of amides is 5. The van der Waals surface area contributed by atoms with Gasteiger partial charge in [-0.05, 0) is 32.1 Å². The van der Waals surface area contributed by atoms with Crippen LogP contribution < -0.4 is 26.6 Å². The topological polar surface area (TPSA) is 484 Å². The minimum Gasteiger partial charge on any atom is -0.481 e. The van der Waals surface area contributed by atoms with Gasteiger partial charge in [0.25, 0.3) is 0 Å². The second kappa shape index (κ2) is 41.3. The van der Waals surface area contributed by atoms with E-state index < -0.39 is 179 Å². The molecule has 3 fully saturated rings. The van der Waals surface area contributed by atoms with Crippen LogP contribution in [0.5, 0.6) is 0 Å². The van der Waals surface area contributed by atoms with Gasteiger partial charge in [0.15, 0.2) is 18.9 Å². The average Bonchev–Trinajstić information content (AvgIpc) is 3.26. The summed E-state index contributed by atoms with van der Waals surface area (Å²) in [5.74, 6) is -4.55. The molecule has 0 aromatic heterocycles. The lowest BCUT2D eigenvalue weighted by Gasteiger charge is -2.39. The van der Waals surface area contributed by atoms with Gasteiger partial charge in [-0.15, -0.1) is 0 Å². The molecule has 3 aliphatic rings. The summed E-state index contributed by atoms with van der Waals surface area (Å²) >= 11 is 0. The normalized spacial score (nSPS) is 28.7. The molecule has 3 rings (SSSR count). The Bertz CT molecular complexity index is 1840. The number of hydrogen-bond acceptors (Lipinski definition) is 25. The van der Waals surface area contributed by atoms with Crippen molar-refractivity contribution in [1.82, 2.24) is 31.5 Å². The van der Waals surface area contributed by atoms with Crippen molar-refractivity contribution in [2.24, 2.45) is 0 Å². The molecule has 3 saturated heterocycles. The highest BCUT2D eigenvalue weighted by Crippen LogP contribution is 2.25. The van der Waals surface area contributed by atoms with Crippen molar-refractivity contribution < 1.29 is 124 Å². The molecule has 31 heteroatoms. The standard InChI is InChI=1S/C53H96N6O25/c1-2-3-4-5-6-7-8-9-10-11-12-16-36(63)58-31(17-18-39(66)67)49(77)56-19-14-13-15-32(50(78)57-22-25-81-53-48(76)45(73)42(70)35(30-62)84-53)59(26-37(64)54-20-23-79-51-46(74)43(71)40(68)33(28-60)82-51)27-38(65)55-21-24-80-52-47(75)44(72)41(69)34(29-61)83-52/h31-35,40-48,51-53,60-62,68-76H,2-30H2,1H3,(H,54,64)(H,55,65)(H,56,77)(H,57,78)(H,58,63)(H,66,67)/t31?,32?,33-,34-,35-,40-,41-,42-,43+,44+,45+,46+,47+,48+,51+,52+,53+/m1/s1. The first kappa shape index (κ1) is 74.3. The smallest absolute Gasteiger partial charge is 0.303 e. The van der Waals surface area contributed by atoms with Gasteiger partial charge < -0.3 is 121 Å². The van der Waals surface area contributed by atoms with Gasteiger partial charge in [0.05, 0.1) is 58.8 Å². The molecule has 3 heterocycles. The molecule has 5 amide bonds. The molecule has 0 aromatic rings. The minimum atomic E-state index is -1.76. The fourth-order valence-corrected chi connectivity index (χ4v) is 9.60. The third-order valence-corrected chi connectivity index (χ3v) is 14.6. The lowest BCUT2D eigenvalue weighted by Crippen LogP contribution is -2.59. The number of nitrogens with one attached hydrogen (secondary N) is 5. The molecule has 0 bridgehead atoms. The first-order valence-corrected chi connectivity index (χ1v) is 29.3. The molecule has 488 valence electrons. The number of carboxylic acids is 1. The highest BCUT2D eigenvalue weighted by Gasteiger charge is 2.46. The summed E-state index contributed by atoms with van der Waals surface area (Å²) in [5, 5.41) is 143. The van der Waals surface area contributed by atoms with E-state index in [1.165, 1.54) is 43.4 Å². The van der Waals surface area contributed by atoms with E-state index in [9.17, 15) is 95.2 Å². The second-order valence-electron chi connectivity index (χ2n) is 21.2. The number of carbonyl (C=O) groups excluding carboxylic acids is 5. The molecule has 31 nitrogen and oxygen atoms in total. The Labute approximate surface area is 488 Å². The summed E-state index contributed by atoms with van der Waals surface area (Å²) < 4.78 is 32.5. The predicted molar refractivity (Wildman–Crippen MR) is 290 cm³/mol. The highest BCUT2D eigenvalue weighted by molar-refractivity contribution is 5.88. The maximum absolute atomic E-state index is 14.2. The van der Waals surface area contributed by atoms with Gasteiger partial charge in [0, 0.05) is 39.0 Å². The number of aliphatic hydroxyl groups excluding tert-OH is 12. The molecular formula is C53H96N6O25. The molecule has 0 saturated carbocycles. The van der Waals surface area contributed by atoms with Crippen LogP contribution in [0.2, 0.25) is 0 Å². The van der Waals surface area contributed by atoms with Crippen LogP contribution in [0, 0.1) is 0 Å². The van der Waals surface area contributed by atoms with Crippen LogP contribution in [-0.2, 0) is 57.2 Å². The number of hydrogen-bond donors (Lipinski definition) is 18. The number of aliphatic hydroxyl groups is 12. The maximum atomic E-state index is 14.2. The van der Waals surface area contributed by atoms with Crippen LogP contribution in [-0.4, -0.2) is 290 Å². The SMILES string of the molecule is CCCCCCCCCCCCCC(=O)NC(CCC(=O)O)C(=O)NCCCCC(C(=O)NCCO[C@H]1O[C@H](CO)[C@@H](O)[C@H](O)[C@@H]1O)N(CC(=O)NCCO[C@H]1O[C@H](CO)[C@@H](O)[C@H](O)[C@@H]1O)CC(=O)NCCO[C@H]1O[C@H](CO)[C@@H](O)[C@H](O)[C@@H]1O. The van der Waals surface area contributed by atoms with Gasteiger partial charge in [-0.3, -0.25) is 33.7 Å². The van der Waals surface area contributed by atoms with E-state index in [-0.39, 0.29) is 78.1 Å². The Morgan fingerprint density at radius 3 is 1.24 bits per heavy atom. The van der Waals surface area contributed by atoms with Crippen LogP contribution >= 0.6 is 0 Å². The van der Waals surface area contributed by atoms with E-state index >= 15 is 0 Å². The van der Waals surface area contributed by atoms with Crippen molar-refractivity contribution in [2.75, 3.05) is 78.9 Å². The van der Waals surface area contributed by atoms with Gasteiger partial charge >= 0.3 is 5.97 Å². The Balaban J connectivity index is 1.73. The third kappa shape index (κ3) is 26.2. The summed E-state index contributed by atoms with van der Waals surface area (Å²) in [6, 6.07) is -2.50. The van der Waals surface area contributed by atoms with E-state index in [0.29, 0.717) is 6.42 Å². The number of carboxylic acid groups (broad SMARTS) is 1. The first-order valence-electron chi connectivity index (χ1n) is 29.3. The van der Waals surface area contributed by atoms with E-state index in [4.69, 9.17) is 28.4 Å². The van der Waals surface area contributed by atoms with Gasteiger partial charge in [-0.1, -0.05) is 71.1 Å². The molecule has 0 spiro atoms. The Morgan fingerprint density at radius 1 is 0.440 bits per heavy atom. The van der Waals surface area contributed by atoms with Gasteiger partial charge in [-0.2, -0.15) is 0 Å². The van der Waals surface area contributed by atoms with Crippen LogP contribution in [0.3, 0.4) is 0 Å². The lowest BCUT2D eigenvalue weighted by molar-refractivity contribution is -0.300.